The molecule has 0 saturated carbocycles. The Morgan fingerprint density at radius 2 is 1.72 bits per heavy atom. The van der Waals surface area contributed by atoms with Crippen LogP contribution in [0.4, 0.5) is 13.2 Å². The zero-order valence-corrected chi connectivity index (χ0v) is 13.0. The van der Waals surface area contributed by atoms with E-state index in [-0.39, 0.29) is 17.0 Å². The second-order valence-electron chi connectivity index (χ2n) is 5.60. The van der Waals surface area contributed by atoms with Crippen LogP contribution in [-0.4, -0.2) is 23.5 Å². The second-order valence-corrected chi connectivity index (χ2v) is 5.60. The predicted molar refractivity (Wildman–Crippen MR) is 83.2 cm³/mol. The van der Waals surface area contributed by atoms with Gasteiger partial charge >= 0.3 is 12.1 Å². The highest BCUT2D eigenvalue weighted by Crippen LogP contribution is 2.36. The van der Waals surface area contributed by atoms with Gasteiger partial charge in [-0.05, 0) is 35.7 Å². The first-order valence-electron chi connectivity index (χ1n) is 7.65. The molecule has 0 N–H and O–H groups in total. The zero-order valence-electron chi connectivity index (χ0n) is 13.0. The van der Waals surface area contributed by atoms with Gasteiger partial charge in [0.2, 0.25) is 0 Å². The minimum Gasteiger partial charge on any atom is -0.333 e. The summed E-state index contributed by atoms with van der Waals surface area (Å²) in [6.07, 6.45) is -3.51. The molecule has 0 aromatic heterocycles. The van der Waals surface area contributed by atoms with Crippen molar-refractivity contribution in [1.82, 2.24) is 5.06 Å². The molecule has 1 heterocycles. The van der Waals surface area contributed by atoms with E-state index in [0.717, 1.165) is 11.1 Å². The molecule has 1 amide bonds. The first-order chi connectivity index (χ1) is 11.9. The van der Waals surface area contributed by atoms with E-state index in [1.807, 2.05) is 0 Å². The fraction of sp³-hybridized carbons (Fsp3) is 0.222. The van der Waals surface area contributed by atoms with Crippen molar-refractivity contribution in [3.8, 4) is 11.1 Å². The summed E-state index contributed by atoms with van der Waals surface area (Å²) in [6, 6.07) is 10.8. The Labute approximate surface area is 141 Å². The molecule has 0 spiro atoms. The fourth-order valence-electron chi connectivity index (χ4n) is 2.64. The van der Waals surface area contributed by atoms with Crippen molar-refractivity contribution in [2.75, 3.05) is 6.54 Å². The second kappa shape index (κ2) is 6.58. The molecule has 0 bridgehead atoms. The van der Waals surface area contributed by atoms with Gasteiger partial charge in [-0.15, -0.1) is 0 Å². The molecule has 25 heavy (non-hydrogen) atoms. The van der Waals surface area contributed by atoms with Gasteiger partial charge in [-0.25, -0.2) is 4.79 Å². The Kier molecular flexibility index (Phi) is 4.48. The Hall–Kier alpha value is -2.83. The van der Waals surface area contributed by atoms with E-state index in [1.165, 1.54) is 42.5 Å². The monoisotopic (exact) mass is 349 g/mol. The molecule has 1 aliphatic rings. The van der Waals surface area contributed by atoms with E-state index in [0.29, 0.717) is 24.9 Å². The van der Waals surface area contributed by atoms with Gasteiger partial charge in [0.05, 0.1) is 17.7 Å². The van der Waals surface area contributed by atoms with Gasteiger partial charge in [0.1, 0.15) is 0 Å². The van der Waals surface area contributed by atoms with E-state index < -0.39 is 17.7 Å². The molecule has 0 radical (unpaired) electrons. The number of alkyl halides is 3. The maximum atomic E-state index is 13.1. The summed E-state index contributed by atoms with van der Waals surface area (Å²) in [5.74, 6) is -0.977. The van der Waals surface area contributed by atoms with Crippen LogP contribution in [0.3, 0.4) is 0 Å². The molecule has 3 rings (SSSR count). The van der Waals surface area contributed by atoms with Gasteiger partial charge in [0.25, 0.3) is 5.91 Å². The van der Waals surface area contributed by atoms with Crippen LogP contribution >= 0.6 is 0 Å². The summed E-state index contributed by atoms with van der Waals surface area (Å²) < 4.78 is 39.3. The standard InChI is InChI=1S/C18H14F3NO3/c19-18(20,21)15-5-2-1-4-14(15)12-7-9-13(10-8-12)17(24)25-22-11-3-6-16(22)23/h1-2,4-5,7-10H,3,6,11H2. The molecule has 2 aromatic carbocycles. The first kappa shape index (κ1) is 17.0. The number of hydrogen-bond acceptors (Lipinski definition) is 3. The fourth-order valence-corrected chi connectivity index (χ4v) is 2.64. The topological polar surface area (TPSA) is 46.6 Å². The number of amides is 1. The van der Waals surface area contributed by atoms with Crippen molar-refractivity contribution < 1.29 is 27.6 Å². The van der Waals surface area contributed by atoms with Gasteiger partial charge in [-0.3, -0.25) is 4.79 Å². The van der Waals surface area contributed by atoms with Crippen LogP contribution in [0.2, 0.25) is 0 Å². The third-order valence-electron chi connectivity index (χ3n) is 3.89. The van der Waals surface area contributed by atoms with E-state index >= 15 is 0 Å². The molecule has 1 saturated heterocycles. The minimum absolute atomic E-state index is 0.0321. The lowest BCUT2D eigenvalue weighted by atomic mass is 9.98. The van der Waals surface area contributed by atoms with E-state index in [2.05, 4.69) is 0 Å². The van der Waals surface area contributed by atoms with Crippen LogP contribution in [0.1, 0.15) is 28.8 Å². The smallest absolute Gasteiger partial charge is 0.333 e. The predicted octanol–water partition coefficient (Wildman–Crippen LogP) is 4.07. The summed E-state index contributed by atoms with van der Waals surface area (Å²) in [6.45, 7) is 0.349. The van der Waals surface area contributed by atoms with Gasteiger partial charge in [-0.1, -0.05) is 30.3 Å². The summed E-state index contributed by atoms with van der Waals surface area (Å²) in [4.78, 5) is 28.5. The Balaban J connectivity index is 1.81. The Morgan fingerprint density at radius 1 is 1.04 bits per heavy atom. The normalized spacial score (nSPS) is 14.7. The summed E-state index contributed by atoms with van der Waals surface area (Å²) in [7, 11) is 0. The van der Waals surface area contributed by atoms with Crippen molar-refractivity contribution in [2.24, 2.45) is 0 Å². The van der Waals surface area contributed by atoms with E-state index in [9.17, 15) is 22.8 Å². The van der Waals surface area contributed by atoms with Gasteiger partial charge < -0.3 is 4.84 Å². The lowest BCUT2D eigenvalue weighted by Gasteiger charge is -2.15. The van der Waals surface area contributed by atoms with Crippen LogP contribution in [0.5, 0.6) is 0 Å². The number of halogens is 3. The number of benzene rings is 2. The highest BCUT2D eigenvalue weighted by atomic mass is 19.4. The Morgan fingerprint density at radius 3 is 2.32 bits per heavy atom. The van der Waals surface area contributed by atoms with E-state index in [4.69, 9.17) is 4.84 Å². The van der Waals surface area contributed by atoms with Crippen molar-refractivity contribution in [1.29, 1.82) is 0 Å². The number of carbonyl (C=O) groups is 2. The third-order valence-corrected chi connectivity index (χ3v) is 3.89. The molecule has 0 atom stereocenters. The van der Waals surface area contributed by atoms with Gasteiger partial charge in [0.15, 0.2) is 0 Å². The lowest BCUT2D eigenvalue weighted by molar-refractivity contribution is -0.159. The average molecular weight is 349 g/mol. The molecule has 1 fully saturated rings. The van der Waals surface area contributed by atoms with Crippen LogP contribution in [0, 0.1) is 0 Å². The van der Waals surface area contributed by atoms with Crippen molar-refractivity contribution >= 4 is 11.9 Å². The largest absolute Gasteiger partial charge is 0.417 e. The third kappa shape index (κ3) is 3.65. The number of hydrogen-bond donors (Lipinski definition) is 0. The van der Waals surface area contributed by atoms with Crippen molar-refractivity contribution in [2.45, 2.75) is 19.0 Å². The molecule has 7 heteroatoms. The highest BCUT2D eigenvalue weighted by molar-refractivity contribution is 5.91. The SMILES string of the molecule is O=C(ON1CCCC1=O)c1ccc(-c2ccccc2C(F)(F)F)cc1. The van der Waals surface area contributed by atoms with Crippen LogP contribution in [0.25, 0.3) is 11.1 Å². The van der Waals surface area contributed by atoms with Crippen LogP contribution in [0.15, 0.2) is 48.5 Å². The molecule has 130 valence electrons. The molecule has 0 aliphatic carbocycles. The minimum atomic E-state index is -4.47. The van der Waals surface area contributed by atoms with Crippen molar-refractivity contribution in [3.63, 3.8) is 0 Å². The summed E-state index contributed by atoms with van der Waals surface area (Å²) in [5.41, 5.74) is -0.215. The molecular formula is C18H14F3NO3. The quantitative estimate of drug-likeness (QED) is 0.839. The number of hydroxylamine groups is 2. The number of nitrogens with zero attached hydrogens (tertiary/aromatic N) is 1. The zero-order chi connectivity index (χ0) is 18.0. The molecule has 0 unspecified atom stereocenters. The maximum Gasteiger partial charge on any atom is 0.417 e. The van der Waals surface area contributed by atoms with Gasteiger partial charge in [-0.2, -0.15) is 18.2 Å². The summed E-state index contributed by atoms with van der Waals surface area (Å²) >= 11 is 0. The lowest BCUT2D eigenvalue weighted by Crippen LogP contribution is -2.28. The van der Waals surface area contributed by atoms with Crippen LogP contribution in [-0.2, 0) is 15.8 Å². The van der Waals surface area contributed by atoms with Crippen LogP contribution < -0.4 is 0 Å². The molecular weight excluding hydrogens is 335 g/mol. The highest BCUT2D eigenvalue weighted by Gasteiger charge is 2.33. The van der Waals surface area contributed by atoms with Gasteiger partial charge in [0, 0.05) is 6.42 Å². The maximum absolute atomic E-state index is 13.1. The summed E-state index contributed by atoms with van der Waals surface area (Å²) in [5, 5.41) is 1.01. The van der Waals surface area contributed by atoms with E-state index in [1.54, 1.807) is 0 Å². The Bertz CT molecular complexity index is 800. The number of carbonyl (C=O) groups excluding carboxylic acids is 2. The molecule has 1 aliphatic heterocycles. The molecule has 4 nitrogen and oxygen atoms in total. The number of rotatable bonds is 3. The average Bonchev–Trinajstić information content (AvgIpc) is 2.99. The first-order valence-corrected chi connectivity index (χ1v) is 7.65. The van der Waals surface area contributed by atoms with Crippen molar-refractivity contribution in [3.05, 3.63) is 59.7 Å². The molecule has 2 aromatic rings.